The van der Waals surface area contributed by atoms with Gasteiger partial charge in [0.15, 0.2) is 0 Å². The van der Waals surface area contributed by atoms with Gasteiger partial charge in [0.1, 0.15) is 12.4 Å². The van der Waals surface area contributed by atoms with E-state index in [0.717, 1.165) is 16.8 Å². The lowest BCUT2D eigenvalue weighted by Crippen LogP contribution is -2.26. The summed E-state index contributed by atoms with van der Waals surface area (Å²) in [6, 6.07) is 13.5. The van der Waals surface area contributed by atoms with E-state index in [-0.39, 0.29) is 25.1 Å². The number of nitrogens with zero attached hydrogens (tertiary/aromatic N) is 2. The van der Waals surface area contributed by atoms with Crippen LogP contribution in [0.15, 0.2) is 54.7 Å². The van der Waals surface area contributed by atoms with Gasteiger partial charge in [0.25, 0.3) is 5.91 Å². The molecule has 1 aromatic heterocycles. The van der Waals surface area contributed by atoms with E-state index in [9.17, 15) is 14.0 Å². The molecule has 1 heterocycles. The number of halogens is 1. The van der Waals surface area contributed by atoms with Crippen LogP contribution in [0.4, 0.5) is 4.39 Å². The molecule has 156 valence electrons. The van der Waals surface area contributed by atoms with Crippen molar-refractivity contribution in [3.63, 3.8) is 0 Å². The number of aromatic nitrogens is 2. The highest BCUT2D eigenvalue weighted by molar-refractivity contribution is 5.95. The number of rotatable bonds is 8. The first-order chi connectivity index (χ1) is 14.5. The summed E-state index contributed by atoms with van der Waals surface area (Å²) in [6.45, 7) is 4.75. The van der Waals surface area contributed by atoms with Crippen LogP contribution in [0.5, 0.6) is 0 Å². The number of nitrogens with one attached hydrogen (secondary N) is 1. The van der Waals surface area contributed by atoms with Crippen LogP contribution in [0.1, 0.15) is 34.8 Å². The average molecular weight is 409 g/mol. The molecule has 0 aliphatic rings. The van der Waals surface area contributed by atoms with Crippen LogP contribution in [0.2, 0.25) is 0 Å². The summed E-state index contributed by atoms with van der Waals surface area (Å²) < 4.78 is 21.1. The third kappa shape index (κ3) is 5.31. The first-order valence-electron chi connectivity index (χ1n) is 9.79. The third-order valence-corrected chi connectivity index (χ3v) is 4.61. The fourth-order valence-corrected chi connectivity index (χ4v) is 3.14. The van der Waals surface area contributed by atoms with Crippen molar-refractivity contribution in [2.24, 2.45) is 0 Å². The SMILES string of the molecule is CCn1ncc(C)c1-c1cc(F)cc(C(=O)NCCC(=O)OCc2ccccc2)c1. The summed E-state index contributed by atoms with van der Waals surface area (Å²) >= 11 is 0. The molecule has 3 rings (SSSR count). The van der Waals surface area contributed by atoms with Crippen molar-refractivity contribution < 1.29 is 18.7 Å². The Morgan fingerprint density at radius 3 is 2.67 bits per heavy atom. The van der Waals surface area contributed by atoms with Crippen LogP contribution < -0.4 is 5.32 Å². The number of hydrogen-bond donors (Lipinski definition) is 1. The van der Waals surface area contributed by atoms with E-state index < -0.39 is 17.7 Å². The number of amides is 1. The monoisotopic (exact) mass is 409 g/mol. The summed E-state index contributed by atoms with van der Waals surface area (Å²) in [5.74, 6) is -1.38. The quantitative estimate of drug-likeness (QED) is 0.573. The predicted octanol–water partition coefficient (Wildman–Crippen LogP) is 3.88. The highest BCUT2D eigenvalue weighted by Gasteiger charge is 2.15. The van der Waals surface area contributed by atoms with Crippen LogP contribution in [0.3, 0.4) is 0 Å². The van der Waals surface area contributed by atoms with Gasteiger partial charge in [-0.05, 0) is 43.2 Å². The van der Waals surface area contributed by atoms with Gasteiger partial charge in [-0.15, -0.1) is 0 Å². The van der Waals surface area contributed by atoms with Gasteiger partial charge in [-0.25, -0.2) is 4.39 Å². The van der Waals surface area contributed by atoms with Crippen molar-refractivity contribution >= 4 is 11.9 Å². The summed E-state index contributed by atoms with van der Waals surface area (Å²) in [5, 5.41) is 6.91. The lowest BCUT2D eigenvalue weighted by Gasteiger charge is -2.10. The molecular formula is C23H24FN3O3. The Kier molecular flexibility index (Phi) is 6.95. The molecule has 0 fully saturated rings. The highest BCUT2D eigenvalue weighted by Crippen LogP contribution is 2.25. The van der Waals surface area contributed by atoms with Gasteiger partial charge in [0, 0.05) is 24.2 Å². The van der Waals surface area contributed by atoms with E-state index in [0.29, 0.717) is 12.1 Å². The summed E-state index contributed by atoms with van der Waals surface area (Å²) in [7, 11) is 0. The van der Waals surface area contributed by atoms with E-state index in [1.54, 1.807) is 16.9 Å². The summed E-state index contributed by atoms with van der Waals surface area (Å²) in [5.41, 5.74) is 3.33. The molecule has 6 nitrogen and oxygen atoms in total. The minimum absolute atomic E-state index is 0.0302. The number of carbonyl (C=O) groups is 2. The second-order valence-corrected chi connectivity index (χ2v) is 6.87. The first-order valence-corrected chi connectivity index (χ1v) is 9.79. The van der Waals surface area contributed by atoms with Crippen molar-refractivity contribution in [1.29, 1.82) is 0 Å². The largest absolute Gasteiger partial charge is 0.461 e. The van der Waals surface area contributed by atoms with Gasteiger partial charge in [-0.1, -0.05) is 30.3 Å². The topological polar surface area (TPSA) is 73.2 Å². The lowest BCUT2D eigenvalue weighted by atomic mass is 10.0. The molecule has 0 aliphatic heterocycles. The van der Waals surface area contributed by atoms with Crippen LogP contribution in [-0.4, -0.2) is 28.2 Å². The highest BCUT2D eigenvalue weighted by atomic mass is 19.1. The maximum Gasteiger partial charge on any atom is 0.307 e. The maximum atomic E-state index is 14.2. The molecule has 0 unspecified atom stereocenters. The van der Waals surface area contributed by atoms with Crippen molar-refractivity contribution in [2.75, 3.05) is 6.54 Å². The molecular weight excluding hydrogens is 385 g/mol. The Morgan fingerprint density at radius 2 is 1.93 bits per heavy atom. The number of benzene rings is 2. The standard InChI is InChI=1S/C23H24FN3O3/c1-3-27-22(16(2)14-26-27)18-11-19(13-20(24)12-18)23(29)25-10-9-21(28)30-15-17-7-5-4-6-8-17/h4-8,11-14H,3,9-10,15H2,1-2H3,(H,25,29). The first kappa shape index (κ1) is 21.2. The normalized spacial score (nSPS) is 10.6. The second kappa shape index (κ2) is 9.82. The van der Waals surface area contributed by atoms with E-state index in [1.165, 1.54) is 12.1 Å². The van der Waals surface area contributed by atoms with Crippen LogP contribution in [0, 0.1) is 12.7 Å². The number of esters is 1. The molecule has 0 aliphatic carbocycles. The fourth-order valence-electron chi connectivity index (χ4n) is 3.14. The van der Waals surface area contributed by atoms with Gasteiger partial charge in [-0.3, -0.25) is 14.3 Å². The molecule has 0 saturated heterocycles. The zero-order chi connectivity index (χ0) is 21.5. The van der Waals surface area contributed by atoms with E-state index >= 15 is 0 Å². The number of carbonyl (C=O) groups excluding carboxylic acids is 2. The zero-order valence-corrected chi connectivity index (χ0v) is 17.0. The Labute approximate surface area is 174 Å². The molecule has 30 heavy (non-hydrogen) atoms. The molecule has 0 atom stereocenters. The predicted molar refractivity (Wildman–Crippen MR) is 111 cm³/mol. The molecule has 1 amide bonds. The van der Waals surface area contributed by atoms with Crippen LogP contribution in [0.25, 0.3) is 11.3 Å². The summed E-state index contributed by atoms with van der Waals surface area (Å²) in [4.78, 5) is 24.3. The molecule has 0 bridgehead atoms. The molecule has 1 N–H and O–H groups in total. The second-order valence-electron chi connectivity index (χ2n) is 6.87. The van der Waals surface area contributed by atoms with Crippen LogP contribution in [-0.2, 0) is 22.7 Å². The number of ether oxygens (including phenoxy) is 1. The maximum absolute atomic E-state index is 14.2. The van der Waals surface area contributed by atoms with Gasteiger partial charge in [0.2, 0.25) is 0 Å². The van der Waals surface area contributed by atoms with Gasteiger partial charge >= 0.3 is 5.97 Å². The van der Waals surface area contributed by atoms with E-state index in [4.69, 9.17) is 4.74 Å². The zero-order valence-electron chi connectivity index (χ0n) is 17.0. The van der Waals surface area contributed by atoms with Crippen molar-refractivity contribution in [1.82, 2.24) is 15.1 Å². The Bertz CT molecular complexity index is 1030. The van der Waals surface area contributed by atoms with E-state index in [2.05, 4.69) is 10.4 Å². The Morgan fingerprint density at radius 1 is 1.17 bits per heavy atom. The number of aryl methyl sites for hydroxylation is 2. The minimum atomic E-state index is -0.511. The lowest BCUT2D eigenvalue weighted by molar-refractivity contribution is -0.144. The molecule has 0 spiro atoms. The average Bonchev–Trinajstić information content (AvgIpc) is 3.13. The Hall–Kier alpha value is -3.48. The fraction of sp³-hybridized carbons (Fsp3) is 0.261. The van der Waals surface area contributed by atoms with Gasteiger partial charge in [0.05, 0.1) is 18.3 Å². The molecule has 7 heteroatoms. The van der Waals surface area contributed by atoms with Gasteiger partial charge in [-0.2, -0.15) is 5.10 Å². The van der Waals surface area contributed by atoms with Crippen molar-refractivity contribution in [2.45, 2.75) is 33.4 Å². The van der Waals surface area contributed by atoms with Gasteiger partial charge < -0.3 is 10.1 Å². The minimum Gasteiger partial charge on any atom is -0.461 e. The third-order valence-electron chi connectivity index (χ3n) is 4.61. The Balaban J connectivity index is 1.58. The molecule has 2 aromatic carbocycles. The smallest absolute Gasteiger partial charge is 0.307 e. The molecule has 3 aromatic rings. The van der Waals surface area contributed by atoms with Crippen molar-refractivity contribution in [3.05, 3.63) is 77.2 Å². The summed E-state index contributed by atoms with van der Waals surface area (Å²) in [6.07, 6.45) is 1.74. The number of hydrogen-bond acceptors (Lipinski definition) is 4. The molecule has 0 radical (unpaired) electrons. The van der Waals surface area contributed by atoms with E-state index in [1.807, 2.05) is 44.2 Å². The molecule has 0 saturated carbocycles. The van der Waals surface area contributed by atoms with Crippen molar-refractivity contribution in [3.8, 4) is 11.3 Å². The van der Waals surface area contributed by atoms with Crippen LogP contribution >= 0.6 is 0 Å².